The highest BCUT2D eigenvalue weighted by Gasteiger charge is 2.29. The fraction of sp³-hybridized carbons (Fsp3) is 0.953. The Labute approximate surface area is 813 Å². The molecule has 0 aromatic heterocycles. The van der Waals surface area contributed by atoms with Gasteiger partial charge in [-0.1, -0.05) is 151 Å². The number of aliphatic hydroxyl groups excluding tert-OH is 1. The molecule has 10 aliphatic rings. The molecular formula is C107H217N13O10S. The quantitative estimate of drug-likeness (QED) is 0.0448. The van der Waals surface area contributed by atoms with Gasteiger partial charge in [-0.3, -0.25) is 28.9 Å². The van der Waals surface area contributed by atoms with Crippen LogP contribution in [-0.4, -0.2) is 397 Å². The average molecular weight is 1880 g/mol. The second-order valence-electron chi connectivity index (χ2n) is 38.7. The number of thioether (sulfide) groups is 1. The van der Waals surface area contributed by atoms with Gasteiger partial charge in [0.1, 0.15) is 11.6 Å². The fourth-order valence-corrected chi connectivity index (χ4v) is 19.8. The van der Waals surface area contributed by atoms with Crippen molar-refractivity contribution in [3.63, 3.8) is 0 Å². The van der Waals surface area contributed by atoms with Crippen molar-refractivity contribution in [3.8, 4) is 0 Å². The van der Waals surface area contributed by atoms with E-state index in [1.54, 1.807) is 0 Å². The number of β-amino-alcohol motifs (C(OH)–C–C–N with tert-alkyl or cyclic N) is 1. The third-order valence-electron chi connectivity index (χ3n) is 27.8. The predicted octanol–water partition coefficient (Wildman–Crippen LogP) is 18.2. The van der Waals surface area contributed by atoms with Gasteiger partial charge in [-0.15, -0.1) is 11.8 Å². The number of piperazine rings is 3. The molecule has 10 rings (SSSR count). The molecule has 1 N–H and O–H groups in total. The summed E-state index contributed by atoms with van der Waals surface area (Å²) in [6.07, 6.45) is 36.8. The molecule has 0 aliphatic carbocycles. The smallest absolute Gasteiger partial charge is 0.306 e. The Hall–Kier alpha value is -2.50. The zero-order chi connectivity index (χ0) is 96.9. The van der Waals surface area contributed by atoms with Crippen LogP contribution in [0.25, 0.3) is 0 Å². The molecule has 10 saturated heterocycles. The third-order valence-corrected chi connectivity index (χ3v) is 29.3. The van der Waals surface area contributed by atoms with Crippen LogP contribution in [0, 0.1) is 23.7 Å². The van der Waals surface area contributed by atoms with E-state index in [0.717, 1.165) is 284 Å². The number of ketones is 2. The van der Waals surface area contributed by atoms with Crippen LogP contribution < -0.4 is 0 Å². The zero-order valence-electron chi connectivity index (χ0n) is 89.8. The number of hydrogen-bond donors (Lipinski definition) is 1. The molecule has 0 spiro atoms. The molecule has 0 aromatic carbocycles. The van der Waals surface area contributed by atoms with Gasteiger partial charge >= 0.3 is 5.97 Å². The van der Waals surface area contributed by atoms with Crippen molar-refractivity contribution in [1.82, 2.24) is 63.7 Å². The number of carbonyl (C=O) groups is 5. The second-order valence-corrected chi connectivity index (χ2v) is 40.0. The third kappa shape index (κ3) is 64.5. The van der Waals surface area contributed by atoms with Crippen LogP contribution in [0.2, 0.25) is 0 Å². The number of piperidine rings is 6. The van der Waals surface area contributed by atoms with Crippen molar-refractivity contribution >= 4 is 41.1 Å². The minimum atomic E-state index is -0.187. The summed E-state index contributed by atoms with van der Waals surface area (Å²) >= 11 is 2.10. The fourth-order valence-electron chi connectivity index (χ4n) is 18.5. The van der Waals surface area contributed by atoms with E-state index in [9.17, 15) is 29.1 Å². The van der Waals surface area contributed by atoms with Gasteiger partial charge < -0.3 is 82.9 Å². The van der Waals surface area contributed by atoms with Crippen molar-refractivity contribution in [3.05, 3.63) is 0 Å². The molecule has 0 aromatic rings. The van der Waals surface area contributed by atoms with E-state index in [4.69, 9.17) is 18.9 Å². The van der Waals surface area contributed by atoms with Crippen LogP contribution >= 0.6 is 11.8 Å². The van der Waals surface area contributed by atoms with Crippen molar-refractivity contribution in [2.24, 2.45) is 23.7 Å². The van der Waals surface area contributed by atoms with Gasteiger partial charge in [0.2, 0.25) is 11.8 Å². The molecule has 0 saturated carbocycles. The maximum absolute atomic E-state index is 11.7. The maximum Gasteiger partial charge on any atom is 0.306 e. The van der Waals surface area contributed by atoms with Crippen LogP contribution in [0.4, 0.5) is 0 Å². The number of likely N-dealkylation sites (tertiary alicyclic amines) is 6. The first-order chi connectivity index (χ1) is 63.5. The van der Waals surface area contributed by atoms with E-state index >= 15 is 0 Å². The summed E-state index contributed by atoms with van der Waals surface area (Å²) in [5.41, 5.74) is 0. The Morgan fingerprint density at radius 1 is 0.359 bits per heavy atom. The minimum Gasteiger partial charge on any atom is -0.466 e. The summed E-state index contributed by atoms with van der Waals surface area (Å²) in [4.78, 5) is 88.6. The van der Waals surface area contributed by atoms with E-state index in [-0.39, 0.29) is 12.1 Å². The summed E-state index contributed by atoms with van der Waals surface area (Å²) in [5.74, 6) is 5.28. The molecule has 3 unspecified atom stereocenters. The van der Waals surface area contributed by atoms with E-state index < -0.39 is 0 Å². The number of amides is 2. The lowest BCUT2D eigenvalue weighted by Gasteiger charge is -2.34. The number of ether oxygens (including phenoxy) is 4. The zero-order valence-corrected chi connectivity index (χ0v) is 90.6. The largest absolute Gasteiger partial charge is 0.466 e. The van der Waals surface area contributed by atoms with Gasteiger partial charge in [-0.25, -0.2) is 0 Å². The highest BCUT2D eigenvalue weighted by molar-refractivity contribution is 8.00. The normalized spacial score (nSPS) is 21.2. The van der Waals surface area contributed by atoms with Crippen molar-refractivity contribution < 1.29 is 48.0 Å². The number of rotatable bonds is 43. The van der Waals surface area contributed by atoms with Crippen LogP contribution in [0.15, 0.2) is 0 Å². The first kappa shape index (κ1) is 127. The van der Waals surface area contributed by atoms with Gasteiger partial charge in [0.05, 0.1) is 24.9 Å². The number of hydrogen-bond acceptors (Lipinski definition) is 22. The Morgan fingerprint density at radius 2 is 0.786 bits per heavy atom. The molecule has 10 aliphatic heterocycles. The van der Waals surface area contributed by atoms with Crippen molar-refractivity contribution in [2.75, 3.05) is 275 Å². The van der Waals surface area contributed by atoms with Gasteiger partial charge in [0.15, 0.2) is 0 Å². The first-order valence-corrected chi connectivity index (χ1v) is 56.4. The number of aliphatic hydroxyl groups is 1. The summed E-state index contributed by atoms with van der Waals surface area (Å²) < 4.78 is 22.1. The van der Waals surface area contributed by atoms with E-state index in [0.29, 0.717) is 79.2 Å². The van der Waals surface area contributed by atoms with E-state index in [1.807, 2.05) is 30.6 Å². The Morgan fingerprint density at radius 3 is 1.24 bits per heavy atom. The number of carbonyl (C=O) groups excluding carboxylic acids is 5. The monoisotopic (exact) mass is 1880 g/mol. The second kappa shape index (κ2) is 85.5. The molecule has 3 atom stereocenters. The number of unbranched alkanes of at least 4 members (excludes halogenated alkanes) is 2. The average Bonchev–Trinajstić information content (AvgIpc) is 1.01. The van der Waals surface area contributed by atoms with Gasteiger partial charge in [0, 0.05) is 193 Å². The van der Waals surface area contributed by atoms with Gasteiger partial charge in [-0.2, -0.15) is 0 Å². The minimum absolute atomic E-state index is 0.00390. The molecule has 10 fully saturated rings. The highest BCUT2D eigenvalue weighted by Crippen LogP contribution is 2.27. The number of nitrogens with zero attached hydrogens (tertiary/aromatic N) is 13. The number of Topliss-reactive ketones (excluding diaryl/α,β-unsaturated/α-hetero) is 2. The lowest BCUT2D eigenvalue weighted by Crippen LogP contribution is -2.48. The molecule has 131 heavy (non-hydrogen) atoms. The molecular weight excluding hydrogens is 1660 g/mol. The van der Waals surface area contributed by atoms with Gasteiger partial charge in [-0.05, 0) is 297 Å². The van der Waals surface area contributed by atoms with Crippen LogP contribution in [-0.2, 0) is 42.9 Å². The summed E-state index contributed by atoms with van der Waals surface area (Å²) in [7, 11) is 2.20. The molecule has 0 radical (unpaired) electrons. The Kier molecular flexibility index (Phi) is 82.5. The summed E-state index contributed by atoms with van der Waals surface area (Å²) in [5, 5.41) is 10.6. The van der Waals surface area contributed by atoms with E-state index in [1.165, 1.54) is 181 Å². The predicted molar refractivity (Wildman–Crippen MR) is 558 cm³/mol. The molecule has 2 amide bonds. The number of esters is 1. The molecule has 24 heteroatoms. The molecule has 23 nitrogen and oxygen atoms in total. The summed E-state index contributed by atoms with van der Waals surface area (Å²) in [6.45, 7) is 85.2. The number of likely N-dealkylation sites (N-methyl/N-ethyl adjacent to an activating group) is 4. The van der Waals surface area contributed by atoms with Gasteiger partial charge in [0.25, 0.3) is 0 Å². The van der Waals surface area contributed by atoms with E-state index in [2.05, 4.69) is 183 Å². The molecule has 10 heterocycles. The SMILES string of the molecule is CCC(=O)N1CCN(CC)CC1.CCCC(=O)N1CCN(CC)CC1.CCCC1CN(C)CS1.CCCCC(=O)C1CCN(CC)CC1.CCCCC(=O)CC1CCN(CC(O)CC)CC1.CCCN1CCN(CC)CC1.CCCOC(=O)CC1CCN(CCC)CC1.CCCOC1CCCN(CC)C1.CCCOC1CCN(CC)CC1.CCCOCCC1CCN(CC)CC1. The first-order valence-electron chi connectivity index (χ1n) is 55.3. The molecule has 776 valence electrons. The maximum atomic E-state index is 11.7. The molecule has 0 bridgehead atoms. The van der Waals surface area contributed by atoms with Crippen LogP contribution in [0.1, 0.15) is 343 Å². The Bertz CT molecular complexity index is 2590. The van der Waals surface area contributed by atoms with Crippen molar-refractivity contribution in [2.45, 2.75) is 367 Å². The standard InChI is InChI=1S/C15H29NO2.C13H25NO2.C12H25NO.C12H23NO.C10H20N2O.2C10H21NO.C9H18N2O.C9H20N2.C7H15NS/c1-3-5-6-15(18)11-13-7-9-16(10-8-13)12-14(17)4-2;1-3-7-14-8-5-12(6-9-14)11-13(15)16-10-4-2;1-3-10-14-11-7-12-5-8-13(4-2)9-6-12;1-3-5-6-12(14)11-7-9-13(4-2)10-8-11;1-3-5-10(13)12-8-6-11(4-2)7-9-12;1-3-9-12-10-5-7-11(4-2)8-6-10;1-3-8-12-10-6-5-7-11(4-2)9-10;1-3-9(12)11-7-5-10(4-2)6-8-11;1-3-5-11-8-6-10(4-2)7-9-11;1-3-4-7-5-8(2)6-9-7/h13-14,17H,3-12H2,1-2H3;12H,3-11H2,1-2H3;12H,3-11H2,1-2H3;11H,3-10H2,1-2H3;3-9H2,1-2H3;2*10H,3-9H2,1-2H3;3-8H2,1-2H3;3-9H2,1-2H3;7H,3-6H2,1-2H3. The Balaban J connectivity index is 0.000000731. The van der Waals surface area contributed by atoms with Crippen LogP contribution in [0.5, 0.6) is 0 Å². The van der Waals surface area contributed by atoms with Crippen molar-refractivity contribution in [1.29, 1.82) is 0 Å². The summed E-state index contributed by atoms with van der Waals surface area (Å²) in [6, 6.07) is 0. The highest BCUT2D eigenvalue weighted by atomic mass is 32.2. The van der Waals surface area contributed by atoms with Crippen LogP contribution in [0.3, 0.4) is 0 Å². The topological polar surface area (TPSA) is 185 Å². The lowest BCUT2D eigenvalue weighted by molar-refractivity contribution is -0.145. The lowest BCUT2D eigenvalue weighted by atomic mass is 9.90.